The first-order valence-corrected chi connectivity index (χ1v) is 5.56. The number of alkyl halides is 2. The van der Waals surface area contributed by atoms with E-state index >= 15 is 0 Å². The van der Waals surface area contributed by atoms with Gasteiger partial charge in [-0.05, 0) is 19.3 Å². The van der Waals surface area contributed by atoms with Crippen LogP contribution in [0.5, 0.6) is 0 Å². The van der Waals surface area contributed by atoms with Gasteiger partial charge >= 0.3 is 0 Å². The van der Waals surface area contributed by atoms with Crippen molar-refractivity contribution in [2.45, 2.75) is 25.6 Å². The number of rotatable bonds is 4. The third kappa shape index (κ3) is 9.40. The van der Waals surface area contributed by atoms with E-state index in [-0.39, 0.29) is 0 Å². The van der Waals surface area contributed by atoms with E-state index < -0.39 is 30.0 Å². The van der Waals surface area contributed by atoms with E-state index in [1.54, 1.807) is 0 Å². The molecule has 1 heterocycles. The van der Waals surface area contributed by atoms with Crippen molar-refractivity contribution in [3.05, 3.63) is 0 Å². The molecule has 1 aliphatic heterocycles. The molecule has 0 radical (unpaired) electrons. The van der Waals surface area contributed by atoms with Crippen molar-refractivity contribution in [2.24, 2.45) is 0 Å². The molecular weight excluding hydrogens is 316 g/mol. The lowest BCUT2D eigenvalue weighted by Crippen LogP contribution is -2.22. The molecule has 1 aliphatic rings. The summed E-state index contributed by atoms with van der Waals surface area (Å²) >= 11 is 4.91. The van der Waals surface area contributed by atoms with Crippen LogP contribution in [0, 0.1) is 0 Å². The zero-order valence-corrected chi connectivity index (χ0v) is 10.6. The molecule has 5 heteroatoms. The second-order valence-electron chi connectivity index (χ2n) is 2.32. The van der Waals surface area contributed by atoms with Gasteiger partial charge in [-0.15, -0.1) is 0 Å². The van der Waals surface area contributed by atoms with E-state index in [1.165, 1.54) is 0 Å². The van der Waals surface area contributed by atoms with Crippen LogP contribution in [-0.2, 0) is 9.47 Å². The standard InChI is InChI=1S/C7H13BrO2.C2H5BrO/c8-4-6-10-7-3-1-2-5-9-7;3-1-2-4/h7H,1-6H2;4H,1-2H2/i4D2,6D2;1D2,2D2. The van der Waals surface area contributed by atoms with Crippen LogP contribution in [0.2, 0.25) is 0 Å². The highest BCUT2D eigenvalue weighted by molar-refractivity contribution is 9.09. The Morgan fingerprint density at radius 2 is 2.14 bits per heavy atom. The van der Waals surface area contributed by atoms with Crippen molar-refractivity contribution in [1.29, 1.82) is 0 Å². The summed E-state index contributed by atoms with van der Waals surface area (Å²) in [6.45, 7) is -4.64. The summed E-state index contributed by atoms with van der Waals surface area (Å²) in [7, 11) is 0. The molecule has 0 amide bonds. The molecule has 86 valence electrons. The summed E-state index contributed by atoms with van der Waals surface area (Å²) in [5.41, 5.74) is 0. The van der Waals surface area contributed by atoms with Gasteiger partial charge in [-0.2, -0.15) is 0 Å². The molecule has 0 spiro atoms. The first-order chi connectivity index (χ1) is 9.58. The highest BCUT2D eigenvalue weighted by Gasteiger charge is 2.12. The number of halogens is 2. The predicted molar refractivity (Wildman–Crippen MR) is 64.2 cm³/mol. The molecule has 1 atom stereocenters. The van der Waals surface area contributed by atoms with Crippen molar-refractivity contribution >= 4 is 31.9 Å². The zero-order valence-electron chi connectivity index (χ0n) is 15.4. The highest BCUT2D eigenvalue weighted by atomic mass is 79.9. The maximum Gasteiger partial charge on any atom is 0.157 e. The first-order valence-electron chi connectivity index (χ1n) is 7.97. The van der Waals surface area contributed by atoms with E-state index in [9.17, 15) is 0 Å². The van der Waals surface area contributed by atoms with Gasteiger partial charge in [0, 0.05) is 22.7 Å². The normalized spacial score (nSPS) is 33.8. The zero-order chi connectivity index (χ0) is 17.8. The summed E-state index contributed by atoms with van der Waals surface area (Å²) in [6, 6.07) is 0. The molecular formula is C9H18Br2O3. The summed E-state index contributed by atoms with van der Waals surface area (Å²) in [5, 5.41) is 3.70. The Kier molecular flexibility index (Phi) is 5.07. The fourth-order valence-corrected chi connectivity index (χ4v) is 0.986. The third-order valence-corrected chi connectivity index (χ3v) is 1.75. The fraction of sp³-hybridized carbons (Fsp3) is 1.00. The minimum absolute atomic E-state index is 0.548. The van der Waals surface area contributed by atoms with Crippen LogP contribution in [0.3, 0.4) is 0 Å². The molecule has 0 aliphatic carbocycles. The van der Waals surface area contributed by atoms with Crippen LogP contribution in [0.25, 0.3) is 0 Å². The Balaban J connectivity index is 0.000000472. The number of hydrogen-bond acceptors (Lipinski definition) is 3. The number of aliphatic hydroxyl groups is 1. The smallest absolute Gasteiger partial charge is 0.157 e. The molecule has 1 saturated heterocycles. The topological polar surface area (TPSA) is 38.7 Å². The Hall–Kier alpha value is 0.840. The molecule has 3 nitrogen and oxygen atoms in total. The van der Waals surface area contributed by atoms with Crippen molar-refractivity contribution in [3.8, 4) is 0 Å². The van der Waals surface area contributed by atoms with Crippen molar-refractivity contribution in [1.82, 2.24) is 0 Å². The molecule has 1 rings (SSSR count). The Morgan fingerprint density at radius 3 is 2.57 bits per heavy atom. The van der Waals surface area contributed by atoms with Gasteiger partial charge in [0.1, 0.15) is 0 Å². The molecule has 0 aromatic heterocycles. The first kappa shape index (κ1) is 5.96. The van der Waals surface area contributed by atoms with Gasteiger partial charge in [0.25, 0.3) is 0 Å². The minimum atomic E-state index is -2.81. The Bertz CT molecular complexity index is 321. The lowest BCUT2D eigenvalue weighted by molar-refractivity contribution is -0.158. The molecule has 0 saturated carbocycles. The van der Waals surface area contributed by atoms with Crippen molar-refractivity contribution < 1.29 is 25.5 Å². The van der Waals surface area contributed by atoms with Gasteiger partial charge in [0.2, 0.25) is 0 Å². The minimum Gasteiger partial charge on any atom is -0.396 e. The van der Waals surface area contributed by atoms with Crippen molar-refractivity contribution in [2.75, 3.05) is 30.3 Å². The number of ether oxygens (including phenoxy) is 2. The Labute approximate surface area is 114 Å². The van der Waals surface area contributed by atoms with Crippen LogP contribution in [0.4, 0.5) is 0 Å². The molecule has 0 bridgehead atoms. The summed E-state index contributed by atoms with van der Waals surface area (Å²) in [4.78, 5) is 0. The molecule has 1 N–H and O–H groups in total. The van der Waals surface area contributed by atoms with Gasteiger partial charge in [-0.25, -0.2) is 0 Å². The van der Waals surface area contributed by atoms with Gasteiger partial charge in [-0.3, -0.25) is 0 Å². The second-order valence-corrected chi connectivity index (χ2v) is 3.11. The Morgan fingerprint density at radius 1 is 1.43 bits per heavy atom. The molecule has 0 aromatic rings. The third-order valence-electron chi connectivity index (χ3n) is 1.41. The van der Waals surface area contributed by atoms with Crippen LogP contribution in [-0.4, -0.2) is 41.7 Å². The lowest BCUT2D eigenvalue weighted by atomic mass is 10.2. The molecule has 14 heavy (non-hydrogen) atoms. The van der Waals surface area contributed by atoms with E-state index in [4.69, 9.17) is 25.5 Å². The molecule has 0 aromatic carbocycles. The van der Waals surface area contributed by atoms with Crippen LogP contribution < -0.4 is 0 Å². The van der Waals surface area contributed by atoms with Gasteiger partial charge in [-0.1, -0.05) is 31.9 Å². The summed E-state index contributed by atoms with van der Waals surface area (Å²) < 4.78 is 65.0. The fourth-order valence-electron chi connectivity index (χ4n) is 0.892. The maximum absolute atomic E-state index is 8.27. The SMILES string of the molecule is [2H]C([2H])(Br)C([2H])([2H])OC1CCCCO1.[2H]C([2H])(O)C([2H])([2H])Br. The van der Waals surface area contributed by atoms with E-state index in [0.29, 0.717) is 13.0 Å². The molecule has 1 fully saturated rings. The van der Waals surface area contributed by atoms with E-state index in [0.717, 1.165) is 12.8 Å². The number of hydrogen-bond donors (Lipinski definition) is 1. The van der Waals surface area contributed by atoms with Crippen LogP contribution >= 0.6 is 31.9 Å². The average Bonchev–Trinajstić information content (AvgIpc) is 2.26. The maximum atomic E-state index is 8.27. The van der Waals surface area contributed by atoms with Crippen LogP contribution in [0.1, 0.15) is 30.2 Å². The van der Waals surface area contributed by atoms with Gasteiger partial charge in [0.05, 0.1) is 18.6 Å². The van der Waals surface area contributed by atoms with Crippen molar-refractivity contribution in [3.63, 3.8) is 0 Å². The van der Waals surface area contributed by atoms with Crippen LogP contribution in [0.15, 0.2) is 0 Å². The van der Waals surface area contributed by atoms with E-state index in [2.05, 4.69) is 31.9 Å². The monoisotopic (exact) mass is 340 g/mol. The summed E-state index contributed by atoms with van der Waals surface area (Å²) in [6.07, 6.45) is 1.85. The van der Waals surface area contributed by atoms with Gasteiger partial charge in [0.15, 0.2) is 6.29 Å². The second kappa shape index (κ2) is 11.9. The highest BCUT2D eigenvalue weighted by Crippen LogP contribution is 2.13. The lowest BCUT2D eigenvalue weighted by Gasteiger charge is -2.22. The molecule has 1 unspecified atom stereocenters. The predicted octanol–water partition coefficient (Wildman–Crippen LogP) is 2.30. The average molecular weight is 342 g/mol. The summed E-state index contributed by atoms with van der Waals surface area (Å²) in [5.74, 6) is 0. The van der Waals surface area contributed by atoms with Gasteiger partial charge < -0.3 is 14.6 Å². The van der Waals surface area contributed by atoms with E-state index in [1.807, 2.05) is 0 Å². The quantitative estimate of drug-likeness (QED) is 0.797. The largest absolute Gasteiger partial charge is 0.396 e.